The van der Waals surface area contributed by atoms with Crippen LogP contribution in [-0.4, -0.2) is 26.4 Å². The van der Waals surface area contributed by atoms with Gasteiger partial charge in [-0.3, -0.25) is 0 Å². The smallest absolute Gasteiger partial charge is 0.307 e. The van der Waals surface area contributed by atoms with Crippen molar-refractivity contribution in [3.63, 3.8) is 0 Å². The fourth-order valence-electron chi connectivity index (χ4n) is 3.39. The van der Waals surface area contributed by atoms with E-state index in [9.17, 15) is 13.2 Å². The van der Waals surface area contributed by atoms with Crippen LogP contribution in [0.1, 0.15) is 36.1 Å². The first-order valence-electron chi connectivity index (χ1n) is 6.57. The molecule has 2 aromatic heterocycles. The van der Waals surface area contributed by atoms with Crippen molar-refractivity contribution >= 4 is 16.3 Å². The van der Waals surface area contributed by atoms with E-state index >= 15 is 0 Å². The van der Waals surface area contributed by atoms with Gasteiger partial charge in [0, 0.05) is 0 Å². The molecule has 0 spiro atoms. The number of alkyl halides is 3. The molecule has 0 radical (unpaired) electrons. The molecule has 5 nitrogen and oxygen atoms in total. The summed E-state index contributed by atoms with van der Waals surface area (Å²) in [6.45, 7) is 0.932. The van der Waals surface area contributed by atoms with Crippen molar-refractivity contribution in [3.05, 3.63) is 10.8 Å². The zero-order chi connectivity index (χ0) is 13.9. The highest BCUT2D eigenvalue weighted by atomic mass is 32.1. The van der Waals surface area contributed by atoms with E-state index in [0.29, 0.717) is 16.8 Å². The Morgan fingerprint density at radius 2 is 2.10 bits per heavy atom. The summed E-state index contributed by atoms with van der Waals surface area (Å²) in [6, 6.07) is 0.0651. The van der Waals surface area contributed by atoms with Crippen LogP contribution in [0.2, 0.25) is 0 Å². The molecule has 2 fully saturated rings. The molecule has 0 bridgehead atoms. The maximum absolute atomic E-state index is 12.8. The predicted molar refractivity (Wildman–Crippen MR) is 65.2 cm³/mol. The van der Waals surface area contributed by atoms with Gasteiger partial charge in [-0.15, -0.1) is 10.2 Å². The Morgan fingerprint density at radius 3 is 2.90 bits per heavy atom. The summed E-state index contributed by atoms with van der Waals surface area (Å²) in [5.41, 5.74) is 0. The van der Waals surface area contributed by atoms with Crippen molar-refractivity contribution in [2.45, 2.75) is 31.5 Å². The van der Waals surface area contributed by atoms with Crippen LogP contribution in [0.25, 0.3) is 4.96 Å². The fourth-order valence-corrected chi connectivity index (χ4v) is 4.38. The minimum atomic E-state index is -4.52. The first-order valence-corrected chi connectivity index (χ1v) is 7.38. The number of rotatable bonds is 1. The van der Waals surface area contributed by atoms with Crippen molar-refractivity contribution in [2.75, 3.05) is 6.54 Å². The molecule has 0 amide bonds. The molecule has 1 saturated carbocycles. The van der Waals surface area contributed by atoms with E-state index in [2.05, 4.69) is 20.6 Å². The molecular weight excluding hydrogens is 291 g/mol. The molecule has 3 heterocycles. The topological polar surface area (TPSA) is 55.1 Å². The van der Waals surface area contributed by atoms with Crippen LogP contribution < -0.4 is 5.32 Å². The molecule has 3 atom stereocenters. The van der Waals surface area contributed by atoms with Gasteiger partial charge in [0.2, 0.25) is 4.96 Å². The maximum Gasteiger partial charge on any atom is 0.453 e. The Bertz CT molecular complexity index is 648. The third-order valence-corrected chi connectivity index (χ3v) is 5.25. The average Bonchev–Trinajstić information content (AvgIpc) is 3.05. The van der Waals surface area contributed by atoms with Crippen molar-refractivity contribution in [3.8, 4) is 0 Å². The molecule has 20 heavy (non-hydrogen) atoms. The Hall–Kier alpha value is -1.22. The minimum Gasteiger partial charge on any atom is -0.307 e. The van der Waals surface area contributed by atoms with Crippen molar-refractivity contribution < 1.29 is 13.2 Å². The molecule has 2 aromatic rings. The SMILES string of the molecule is FC(F)(F)c1nnc2sc(C3NCC4CCCC43)nn12. The summed E-state index contributed by atoms with van der Waals surface area (Å²) in [5, 5.41) is 14.9. The van der Waals surface area contributed by atoms with E-state index in [1.807, 2.05) is 0 Å². The molecule has 1 aliphatic carbocycles. The van der Waals surface area contributed by atoms with Crippen LogP contribution in [-0.2, 0) is 6.18 Å². The van der Waals surface area contributed by atoms with Crippen LogP contribution in [0.4, 0.5) is 13.2 Å². The molecule has 0 aromatic carbocycles. The molecule has 4 rings (SSSR count). The number of aromatic nitrogens is 4. The second kappa shape index (κ2) is 4.14. The predicted octanol–water partition coefficient (Wildman–Crippen LogP) is 2.27. The minimum absolute atomic E-state index is 0.0651. The lowest BCUT2D eigenvalue weighted by Gasteiger charge is -2.14. The van der Waals surface area contributed by atoms with E-state index < -0.39 is 12.0 Å². The number of hydrogen-bond acceptors (Lipinski definition) is 5. The average molecular weight is 303 g/mol. The largest absolute Gasteiger partial charge is 0.453 e. The maximum atomic E-state index is 12.8. The molecular formula is C11H12F3N5S. The fraction of sp³-hybridized carbons (Fsp3) is 0.727. The van der Waals surface area contributed by atoms with Gasteiger partial charge < -0.3 is 5.32 Å². The zero-order valence-corrected chi connectivity index (χ0v) is 11.2. The third-order valence-electron chi connectivity index (χ3n) is 4.27. The monoisotopic (exact) mass is 303 g/mol. The summed E-state index contributed by atoms with van der Waals surface area (Å²) in [4.78, 5) is 0.204. The van der Waals surface area contributed by atoms with Gasteiger partial charge in [-0.1, -0.05) is 17.8 Å². The molecule has 3 unspecified atom stereocenters. The second-order valence-electron chi connectivity index (χ2n) is 5.40. The lowest BCUT2D eigenvalue weighted by atomic mass is 9.94. The summed E-state index contributed by atoms with van der Waals surface area (Å²) < 4.78 is 39.2. The molecule has 1 N–H and O–H groups in total. The number of hydrogen-bond donors (Lipinski definition) is 1. The molecule has 2 aliphatic rings. The first-order chi connectivity index (χ1) is 9.54. The van der Waals surface area contributed by atoms with Crippen molar-refractivity contribution in [1.29, 1.82) is 0 Å². The van der Waals surface area contributed by atoms with Crippen molar-refractivity contribution in [1.82, 2.24) is 25.1 Å². The summed E-state index contributed by atoms with van der Waals surface area (Å²) in [5.74, 6) is 0.0838. The highest BCUT2D eigenvalue weighted by Gasteiger charge is 2.43. The van der Waals surface area contributed by atoms with Gasteiger partial charge in [-0.05, 0) is 31.2 Å². The van der Waals surface area contributed by atoms with E-state index in [1.165, 1.54) is 24.2 Å². The van der Waals surface area contributed by atoms with Crippen molar-refractivity contribution in [2.24, 2.45) is 11.8 Å². The number of fused-ring (bicyclic) bond motifs is 2. The lowest BCUT2D eigenvalue weighted by molar-refractivity contribution is -0.146. The van der Waals surface area contributed by atoms with Gasteiger partial charge in [-0.25, -0.2) is 0 Å². The highest BCUT2D eigenvalue weighted by Crippen LogP contribution is 2.45. The quantitative estimate of drug-likeness (QED) is 0.878. The summed E-state index contributed by atoms with van der Waals surface area (Å²) >= 11 is 1.20. The van der Waals surface area contributed by atoms with E-state index in [4.69, 9.17) is 0 Å². The van der Waals surface area contributed by atoms with Crippen LogP contribution in [0.3, 0.4) is 0 Å². The van der Waals surface area contributed by atoms with E-state index in [1.54, 1.807) is 0 Å². The summed E-state index contributed by atoms with van der Waals surface area (Å²) in [6.07, 6.45) is -1.00. The van der Waals surface area contributed by atoms with Crippen LogP contribution >= 0.6 is 11.3 Å². The molecule has 1 aliphatic heterocycles. The van der Waals surface area contributed by atoms with Crippen LogP contribution in [0.15, 0.2) is 0 Å². The Labute approximate surface area is 116 Å². The van der Waals surface area contributed by atoms with E-state index in [-0.39, 0.29) is 11.0 Å². The van der Waals surface area contributed by atoms with Gasteiger partial charge in [-0.2, -0.15) is 22.8 Å². The Morgan fingerprint density at radius 1 is 1.25 bits per heavy atom. The first kappa shape index (κ1) is 12.5. The molecule has 108 valence electrons. The number of nitrogens with one attached hydrogen (secondary N) is 1. The van der Waals surface area contributed by atoms with E-state index in [0.717, 1.165) is 17.5 Å². The number of nitrogens with zero attached hydrogens (tertiary/aromatic N) is 4. The lowest BCUT2D eigenvalue weighted by Crippen LogP contribution is -2.18. The standard InChI is InChI=1S/C11H12F3N5S/c12-11(13,14)9-16-17-10-19(9)18-8(20-10)7-6-3-1-2-5(6)4-15-7/h5-7,15H,1-4H2. The summed E-state index contributed by atoms with van der Waals surface area (Å²) in [7, 11) is 0. The molecule has 9 heteroatoms. The van der Waals surface area contributed by atoms with Crippen LogP contribution in [0.5, 0.6) is 0 Å². The van der Waals surface area contributed by atoms with Gasteiger partial charge in [0.15, 0.2) is 0 Å². The highest BCUT2D eigenvalue weighted by molar-refractivity contribution is 7.16. The van der Waals surface area contributed by atoms with Gasteiger partial charge in [0.25, 0.3) is 5.82 Å². The van der Waals surface area contributed by atoms with Gasteiger partial charge >= 0.3 is 6.18 Å². The number of halogens is 3. The van der Waals surface area contributed by atoms with Gasteiger partial charge in [0.05, 0.1) is 6.04 Å². The Balaban J connectivity index is 1.73. The third kappa shape index (κ3) is 1.76. The normalized spacial score (nSPS) is 30.2. The molecule has 1 saturated heterocycles. The van der Waals surface area contributed by atoms with Crippen LogP contribution in [0, 0.1) is 11.8 Å². The second-order valence-corrected chi connectivity index (χ2v) is 6.38. The Kier molecular flexibility index (Phi) is 2.59. The zero-order valence-electron chi connectivity index (χ0n) is 10.4. The van der Waals surface area contributed by atoms with Gasteiger partial charge in [0.1, 0.15) is 5.01 Å².